The van der Waals surface area contributed by atoms with Gasteiger partial charge in [0.2, 0.25) is 5.72 Å². The molecule has 2 N–H and O–H groups in total. The number of thiocarbonyl (C=S) groups is 1. The molecule has 1 saturated carbocycles. The number of rotatable bonds is 5. The van der Waals surface area contributed by atoms with Gasteiger partial charge >= 0.3 is 24.5 Å². The second-order valence-corrected chi connectivity index (χ2v) is 9.85. The van der Waals surface area contributed by atoms with Crippen LogP contribution in [0.3, 0.4) is 0 Å². The van der Waals surface area contributed by atoms with Crippen LogP contribution < -0.4 is 20.1 Å². The van der Waals surface area contributed by atoms with Crippen molar-refractivity contribution >= 4 is 35.1 Å². The van der Waals surface area contributed by atoms with Crippen LogP contribution in [0.1, 0.15) is 48.8 Å². The van der Waals surface area contributed by atoms with Crippen LogP contribution in [0.5, 0.6) is 11.5 Å². The van der Waals surface area contributed by atoms with Gasteiger partial charge in [-0.3, -0.25) is 0 Å². The molecule has 16 heteroatoms. The van der Waals surface area contributed by atoms with Gasteiger partial charge in [-0.2, -0.15) is 26.3 Å². The van der Waals surface area contributed by atoms with E-state index in [1.807, 2.05) is 0 Å². The minimum absolute atomic E-state index is 0.00557. The number of benzene rings is 2. The molecule has 2 aromatic rings. The monoisotopic (exact) mass is 620 g/mol. The smallest absolute Gasteiger partial charge is 0.416 e. The lowest BCUT2D eigenvalue weighted by molar-refractivity contribution is -0.143. The number of carbonyl (C=O) groups is 1. The summed E-state index contributed by atoms with van der Waals surface area (Å²) in [7, 11) is 2.93. The van der Waals surface area contributed by atoms with Crippen LogP contribution in [0.15, 0.2) is 41.6 Å². The Bertz CT molecular complexity index is 1330. The molecule has 42 heavy (non-hydrogen) atoms. The number of anilines is 1. The minimum atomic E-state index is -5.05. The molecule has 1 heterocycles. The Kier molecular flexibility index (Phi) is 8.94. The highest BCUT2D eigenvalue weighted by Gasteiger charge is 2.51. The normalized spacial score (nSPS) is 16.4. The largest absolute Gasteiger partial charge is 0.493 e. The number of halogens is 6. The number of nitrogens with one attached hydrogen (secondary N) is 2. The molecule has 2 aromatic carbocycles. The van der Waals surface area contributed by atoms with E-state index < -0.39 is 47.0 Å². The molecule has 1 aliphatic carbocycles. The molecule has 0 radical (unpaired) electrons. The quantitative estimate of drug-likeness (QED) is 0.284. The number of alkyl halides is 6. The van der Waals surface area contributed by atoms with Crippen LogP contribution in [0, 0.1) is 0 Å². The van der Waals surface area contributed by atoms with Gasteiger partial charge in [-0.15, -0.1) is 0 Å². The number of amidine groups is 1. The fourth-order valence-electron chi connectivity index (χ4n) is 4.63. The van der Waals surface area contributed by atoms with Crippen molar-refractivity contribution in [1.82, 2.24) is 10.2 Å². The molecule has 0 unspecified atom stereocenters. The maximum absolute atomic E-state index is 13.4. The topological polar surface area (TPSA) is 93.7 Å². The Morgan fingerprint density at radius 2 is 1.60 bits per heavy atom. The second-order valence-electron chi connectivity index (χ2n) is 9.46. The zero-order chi connectivity index (χ0) is 30.7. The van der Waals surface area contributed by atoms with Crippen LogP contribution in [-0.4, -0.2) is 42.1 Å². The highest BCUT2D eigenvalue weighted by Crippen LogP contribution is 2.41. The average Bonchev–Trinajstić information content (AvgIpc) is 3.27. The maximum Gasteiger partial charge on any atom is 0.416 e. The van der Waals surface area contributed by atoms with E-state index in [9.17, 15) is 31.1 Å². The number of carbonyl (C=O) groups excluding carboxylic acids is 1. The first-order valence-corrected chi connectivity index (χ1v) is 13.0. The van der Waals surface area contributed by atoms with E-state index in [0.717, 1.165) is 6.42 Å². The third-order valence-corrected chi connectivity index (χ3v) is 6.92. The van der Waals surface area contributed by atoms with Crippen molar-refractivity contribution in [2.75, 3.05) is 19.5 Å². The Labute approximate surface area is 241 Å². The van der Waals surface area contributed by atoms with Crippen LogP contribution in [-0.2, 0) is 28.5 Å². The van der Waals surface area contributed by atoms with Crippen molar-refractivity contribution in [1.29, 1.82) is 0 Å². The van der Waals surface area contributed by atoms with E-state index in [2.05, 4.69) is 15.8 Å². The second kappa shape index (κ2) is 12.1. The highest BCUT2D eigenvalue weighted by atomic mass is 32.1. The summed E-state index contributed by atoms with van der Waals surface area (Å²) in [4.78, 5) is 19.5. The summed E-state index contributed by atoms with van der Waals surface area (Å²) in [5, 5.41) is 8.44. The molecular formula is C26H26F6N4O5S. The van der Waals surface area contributed by atoms with E-state index in [0.29, 0.717) is 54.9 Å². The predicted molar refractivity (Wildman–Crippen MR) is 142 cm³/mol. The molecule has 0 saturated heterocycles. The van der Waals surface area contributed by atoms with Gasteiger partial charge in [-0.25, -0.2) is 9.69 Å². The van der Waals surface area contributed by atoms with E-state index in [-0.39, 0.29) is 17.7 Å². The summed E-state index contributed by atoms with van der Waals surface area (Å²) in [5.41, 5.74) is -4.22. The molecule has 9 nitrogen and oxygen atoms in total. The van der Waals surface area contributed by atoms with Crippen molar-refractivity contribution in [2.45, 2.75) is 56.7 Å². The summed E-state index contributed by atoms with van der Waals surface area (Å²) in [5.74, 6) is 0.919. The van der Waals surface area contributed by atoms with Gasteiger partial charge in [-0.05, 0) is 66.1 Å². The lowest BCUT2D eigenvalue weighted by atomic mass is 9.91. The van der Waals surface area contributed by atoms with E-state index >= 15 is 0 Å². The lowest BCUT2D eigenvalue weighted by Gasteiger charge is -2.38. The number of hydrogen-bond acceptors (Lipinski definition) is 7. The molecule has 4 rings (SSSR count). The van der Waals surface area contributed by atoms with Crippen LogP contribution in [0.2, 0.25) is 0 Å². The summed E-state index contributed by atoms with van der Waals surface area (Å²) >= 11 is 5.40. The fraction of sp³-hybridized carbons (Fsp3) is 0.423. The summed E-state index contributed by atoms with van der Waals surface area (Å²) in [6.45, 7) is 0.00557. The van der Waals surface area contributed by atoms with Gasteiger partial charge in [0.05, 0.1) is 25.3 Å². The molecular weight excluding hydrogens is 594 g/mol. The SMILES string of the molecule is COc1ccc(CNC(=O)OC2=NOC3(CCCCC3)N2C(=S)Nc2cc(C(F)(F)F)cc(C(F)(F)F)c2)cc1OC. The van der Waals surface area contributed by atoms with Gasteiger partial charge in [0, 0.05) is 25.1 Å². The zero-order valence-electron chi connectivity index (χ0n) is 22.3. The first kappa shape index (κ1) is 31.0. The number of ether oxygens (including phenoxy) is 3. The van der Waals surface area contributed by atoms with Crippen LogP contribution in [0.4, 0.5) is 36.8 Å². The summed E-state index contributed by atoms with van der Waals surface area (Å²) < 4.78 is 96.1. The Morgan fingerprint density at radius 1 is 0.976 bits per heavy atom. The average molecular weight is 621 g/mol. The first-order chi connectivity index (χ1) is 19.8. The van der Waals surface area contributed by atoms with Gasteiger partial charge in [-0.1, -0.05) is 12.5 Å². The minimum Gasteiger partial charge on any atom is -0.493 e. The van der Waals surface area contributed by atoms with Gasteiger partial charge < -0.3 is 29.7 Å². The van der Waals surface area contributed by atoms with E-state index in [1.54, 1.807) is 18.2 Å². The Hall–Kier alpha value is -3.95. The highest BCUT2D eigenvalue weighted by molar-refractivity contribution is 7.80. The third kappa shape index (κ3) is 6.91. The molecule has 2 aliphatic rings. The number of alkyl carbamates (subject to hydrolysis) is 1. The molecule has 0 atom stereocenters. The van der Waals surface area contributed by atoms with Crippen molar-refractivity contribution < 1.29 is 50.2 Å². The van der Waals surface area contributed by atoms with Crippen LogP contribution >= 0.6 is 12.2 Å². The number of methoxy groups -OCH3 is 2. The number of nitrogens with zero attached hydrogens (tertiary/aromatic N) is 2. The van der Waals surface area contributed by atoms with E-state index in [1.165, 1.54) is 19.1 Å². The summed E-state index contributed by atoms with van der Waals surface area (Å²) in [6.07, 6.45) is -8.19. The molecule has 1 amide bonds. The zero-order valence-corrected chi connectivity index (χ0v) is 23.1. The molecule has 228 valence electrons. The van der Waals surface area contributed by atoms with Crippen LogP contribution in [0.25, 0.3) is 0 Å². The fourth-order valence-corrected chi connectivity index (χ4v) is 4.99. The summed E-state index contributed by atoms with van der Waals surface area (Å²) in [6, 6.07) is 5.55. The third-order valence-electron chi connectivity index (χ3n) is 6.64. The number of oxime groups is 1. The maximum atomic E-state index is 13.4. The van der Waals surface area contributed by atoms with E-state index in [4.69, 9.17) is 31.3 Å². The predicted octanol–water partition coefficient (Wildman–Crippen LogP) is 6.63. The molecule has 1 spiro atoms. The van der Waals surface area contributed by atoms with Gasteiger partial charge in [0.15, 0.2) is 16.6 Å². The van der Waals surface area contributed by atoms with Crippen molar-refractivity contribution in [3.05, 3.63) is 53.1 Å². The molecule has 1 aliphatic heterocycles. The van der Waals surface area contributed by atoms with Gasteiger partial charge in [0.25, 0.3) is 0 Å². The molecule has 1 fully saturated rings. The Morgan fingerprint density at radius 3 is 2.17 bits per heavy atom. The first-order valence-electron chi connectivity index (χ1n) is 12.6. The molecule has 0 aromatic heterocycles. The lowest BCUT2D eigenvalue weighted by Crippen LogP contribution is -2.55. The standard InChI is InChI=1S/C26H26F6N4O5S/c1-38-19-7-6-15(10-20(19)39-2)14-33-23(37)40-21-35-41-24(8-4-3-5-9-24)36(21)22(42)34-18-12-16(25(27,28)29)11-17(13-18)26(30,31)32/h6-7,10-13H,3-5,8-9,14H2,1-2H3,(H,33,37)(H,34,42). The van der Waals surface area contributed by atoms with Crippen molar-refractivity contribution in [2.24, 2.45) is 5.16 Å². The van der Waals surface area contributed by atoms with Crippen molar-refractivity contribution in [3.63, 3.8) is 0 Å². The Balaban J connectivity index is 1.54. The van der Waals surface area contributed by atoms with Gasteiger partial charge in [0.1, 0.15) is 0 Å². The van der Waals surface area contributed by atoms with Crippen molar-refractivity contribution in [3.8, 4) is 11.5 Å². The number of amides is 1. The number of hydrogen-bond donors (Lipinski definition) is 2. The molecule has 0 bridgehead atoms.